The number of nitrogens with zero attached hydrogens (tertiary/aromatic N) is 1. The average molecular weight is 335 g/mol. The molecule has 0 bridgehead atoms. The summed E-state index contributed by atoms with van der Waals surface area (Å²) in [5.41, 5.74) is -3.50. The Balaban J connectivity index is 2.72. The fourth-order valence-electron chi connectivity index (χ4n) is 2.91. The number of carbonyl (C=O) groups excluding carboxylic acids is 2. The smallest absolute Gasteiger partial charge is 0.281 e. The third kappa shape index (κ3) is 2.94. The van der Waals surface area contributed by atoms with E-state index in [2.05, 4.69) is 0 Å². The van der Waals surface area contributed by atoms with Crippen LogP contribution >= 0.6 is 0 Å². The normalized spacial score (nSPS) is 22.3. The predicted octanol–water partition coefficient (Wildman–Crippen LogP) is 3.62. The Hall–Kier alpha value is -1.99. The molecule has 2 amide bonds. The minimum absolute atomic E-state index is 0.174. The van der Waals surface area contributed by atoms with Gasteiger partial charge in [0.25, 0.3) is 5.91 Å². The molecule has 0 N–H and O–H groups in total. The van der Waals surface area contributed by atoms with E-state index in [4.69, 9.17) is 0 Å². The molecule has 0 spiro atoms. The van der Waals surface area contributed by atoms with Crippen molar-refractivity contribution in [1.82, 2.24) is 4.90 Å². The van der Waals surface area contributed by atoms with Crippen molar-refractivity contribution in [2.24, 2.45) is 0 Å². The van der Waals surface area contributed by atoms with E-state index >= 15 is 0 Å². The maximum absolute atomic E-state index is 13.5. The van der Waals surface area contributed by atoms with Crippen molar-refractivity contribution in [3.8, 4) is 0 Å². The second kappa shape index (κ2) is 5.01. The number of amides is 2. The summed E-state index contributed by atoms with van der Waals surface area (Å²) in [6.07, 6.45) is -5.70. The summed E-state index contributed by atoms with van der Waals surface area (Å²) in [7, 11) is 1.12. The maximum Gasteiger partial charge on any atom is 0.416 e. The first-order valence-corrected chi connectivity index (χ1v) is 6.69. The molecule has 1 heterocycles. The first-order valence-electron chi connectivity index (χ1n) is 6.69. The summed E-state index contributed by atoms with van der Waals surface area (Å²) in [6.45, 7) is 1.71. The molecule has 1 aliphatic heterocycles. The first kappa shape index (κ1) is 17.4. The number of alkyl halides is 5. The SMILES string of the molecule is CN1C(=O)c2ccc(C(F)(F)F)cc2C(C)(CC(C)(F)F)C1=O. The fourth-order valence-corrected chi connectivity index (χ4v) is 2.91. The highest BCUT2D eigenvalue weighted by Crippen LogP contribution is 2.43. The molecule has 1 unspecified atom stereocenters. The number of rotatable bonds is 2. The molecule has 0 aromatic heterocycles. The summed E-state index contributed by atoms with van der Waals surface area (Å²) < 4.78 is 65.7. The lowest BCUT2D eigenvalue weighted by molar-refractivity contribution is -0.140. The van der Waals surface area contributed by atoms with Gasteiger partial charge in [-0.1, -0.05) is 0 Å². The van der Waals surface area contributed by atoms with Crippen LogP contribution in [0.2, 0.25) is 0 Å². The summed E-state index contributed by atoms with van der Waals surface area (Å²) in [5, 5.41) is 0. The lowest BCUT2D eigenvalue weighted by atomic mass is 9.71. The number of likely N-dealkylation sites (N-methyl/N-ethyl adjacent to an activating group) is 1. The number of benzene rings is 1. The van der Waals surface area contributed by atoms with Crippen LogP contribution < -0.4 is 0 Å². The molecule has 0 fully saturated rings. The van der Waals surface area contributed by atoms with Crippen LogP contribution in [0.1, 0.15) is 41.8 Å². The molecular weight excluding hydrogens is 321 g/mol. The number of halogens is 5. The number of hydrogen-bond acceptors (Lipinski definition) is 2. The van der Waals surface area contributed by atoms with Crippen LogP contribution in [-0.2, 0) is 16.4 Å². The van der Waals surface area contributed by atoms with E-state index < -0.39 is 41.3 Å². The van der Waals surface area contributed by atoms with Gasteiger partial charge in [-0.2, -0.15) is 13.2 Å². The molecule has 0 saturated heterocycles. The molecule has 2 rings (SSSR count). The van der Waals surface area contributed by atoms with E-state index in [0.717, 1.165) is 20.0 Å². The fraction of sp³-hybridized carbons (Fsp3) is 0.467. The molecule has 0 saturated carbocycles. The van der Waals surface area contributed by atoms with Crippen LogP contribution in [0.5, 0.6) is 0 Å². The number of carbonyl (C=O) groups is 2. The molecule has 23 heavy (non-hydrogen) atoms. The summed E-state index contributed by atoms with van der Waals surface area (Å²) in [4.78, 5) is 25.1. The highest BCUT2D eigenvalue weighted by Gasteiger charge is 2.51. The van der Waals surface area contributed by atoms with E-state index in [9.17, 15) is 31.5 Å². The van der Waals surface area contributed by atoms with Crippen molar-refractivity contribution < 1.29 is 31.5 Å². The monoisotopic (exact) mass is 335 g/mol. The van der Waals surface area contributed by atoms with E-state index in [1.165, 1.54) is 0 Å². The molecule has 0 aliphatic carbocycles. The van der Waals surface area contributed by atoms with Gasteiger partial charge < -0.3 is 0 Å². The van der Waals surface area contributed by atoms with E-state index in [1.807, 2.05) is 0 Å². The zero-order valence-corrected chi connectivity index (χ0v) is 12.6. The van der Waals surface area contributed by atoms with Gasteiger partial charge in [0.05, 0.1) is 11.0 Å². The number of fused-ring (bicyclic) bond motifs is 1. The molecular formula is C15H14F5NO2. The van der Waals surface area contributed by atoms with Crippen LogP contribution in [-0.4, -0.2) is 29.7 Å². The van der Waals surface area contributed by atoms with Crippen molar-refractivity contribution in [3.05, 3.63) is 34.9 Å². The average Bonchev–Trinajstić information content (AvgIpc) is 2.40. The van der Waals surface area contributed by atoms with Crippen molar-refractivity contribution in [1.29, 1.82) is 0 Å². The van der Waals surface area contributed by atoms with Crippen LogP contribution in [0.25, 0.3) is 0 Å². The molecule has 126 valence electrons. The first-order chi connectivity index (χ1) is 10.3. The largest absolute Gasteiger partial charge is 0.416 e. The van der Waals surface area contributed by atoms with Gasteiger partial charge in [-0.05, 0) is 37.6 Å². The van der Waals surface area contributed by atoms with Gasteiger partial charge in [0.2, 0.25) is 11.8 Å². The van der Waals surface area contributed by atoms with Crippen molar-refractivity contribution in [3.63, 3.8) is 0 Å². The standard InChI is InChI=1S/C15H14F5NO2/c1-13(7-14(2,16)17)10-6-8(15(18,19)20)4-5-9(10)11(22)21(3)12(13)23/h4-6H,7H2,1-3H3. The van der Waals surface area contributed by atoms with E-state index in [-0.39, 0.29) is 11.1 Å². The van der Waals surface area contributed by atoms with Gasteiger partial charge in [0.15, 0.2) is 0 Å². The van der Waals surface area contributed by atoms with Gasteiger partial charge in [0, 0.05) is 19.0 Å². The second-order valence-corrected chi connectivity index (χ2v) is 6.01. The molecule has 1 atom stereocenters. The summed E-state index contributed by atoms with van der Waals surface area (Å²) in [5.74, 6) is -5.05. The zero-order chi connectivity index (χ0) is 17.8. The molecule has 1 aliphatic rings. The van der Waals surface area contributed by atoms with Gasteiger partial charge in [-0.25, -0.2) is 8.78 Å². The summed E-state index contributed by atoms with van der Waals surface area (Å²) in [6, 6.07) is 2.24. The Morgan fingerprint density at radius 1 is 1.13 bits per heavy atom. The molecule has 8 heteroatoms. The number of imide groups is 1. The van der Waals surface area contributed by atoms with Crippen LogP contribution in [0.4, 0.5) is 22.0 Å². The highest BCUT2D eigenvalue weighted by atomic mass is 19.4. The topological polar surface area (TPSA) is 37.4 Å². The minimum Gasteiger partial charge on any atom is -0.281 e. The van der Waals surface area contributed by atoms with E-state index in [0.29, 0.717) is 24.0 Å². The Morgan fingerprint density at radius 3 is 2.17 bits per heavy atom. The maximum atomic E-state index is 13.5. The number of hydrogen-bond donors (Lipinski definition) is 0. The lowest BCUT2D eigenvalue weighted by Crippen LogP contribution is -2.53. The quantitative estimate of drug-likeness (QED) is 0.611. The Morgan fingerprint density at radius 2 is 1.70 bits per heavy atom. The second-order valence-electron chi connectivity index (χ2n) is 6.01. The van der Waals surface area contributed by atoms with Crippen molar-refractivity contribution in [2.45, 2.75) is 37.8 Å². The Bertz CT molecular complexity index is 677. The van der Waals surface area contributed by atoms with Gasteiger partial charge >= 0.3 is 6.18 Å². The Kier molecular flexibility index (Phi) is 3.78. The zero-order valence-electron chi connectivity index (χ0n) is 12.6. The summed E-state index contributed by atoms with van der Waals surface area (Å²) >= 11 is 0. The third-order valence-corrected chi connectivity index (χ3v) is 3.92. The van der Waals surface area contributed by atoms with Crippen molar-refractivity contribution in [2.75, 3.05) is 7.05 Å². The minimum atomic E-state index is -4.71. The van der Waals surface area contributed by atoms with Crippen LogP contribution in [0.3, 0.4) is 0 Å². The van der Waals surface area contributed by atoms with Crippen LogP contribution in [0.15, 0.2) is 18.2 Å². The van der Waals surface area contributed by atoms with Crippen LogP contribution in [0, 0.1) is 0 Å². The van der Waals surface area contributed by atoms with E-state index in [1.54, 1.807) is 0 Å². The third-order valence-electron chi connectivity index (χ3n) is 3.92. The highest BCUT2D eigenvalue weighted by molar-refractivity contribution is 6.12. The Labute approximate surface area is 129 Å². The molecule has 1 aromatic rings. The van der Waals surface area contributed by atoms with Gasteiger partial charge in [-0.15, -0.1) is 0 Å². The van der Waals surface area contributed by atoms with Crippen molar-refractivity contribution >= 4 is 11.8 Å². The molecule has 1 aromatic carbocycles. The molecule has 0 radical (unpaired) electrons. The molecule has 3 nitrogen and oxygen atoms in total. The lowest BCUT2D eigenvalue weighted by Gasteiger charge is -2.39. The predicted molar refractivity (Wildman–Crippen MR) is 71.1 cm³/mol. The van der Waals surface area contributed by atoms with Gasteiger partial charge in [0.1, 0.15) is 0 Å². The van der Waals surface area contributed by atoms with Gasteiger partial charge in [-0.3, -0.25) is 14.5 Å².